The van der Waals surface area contributed by atoms with Gasteiger partial charge in [-0.3, -0.25) is 4.90 Å². The molecule has 0 saturated heterocycles. The second-order valence-corrected chi connectivity index (χ2v) is 6.15. The van der Waals surface area contributed by atoms with Crippen LogP contribution < -0.4 is 0 Å². The average Bonchev–Trinajstić information content (AvgIpc) is 2.33. The standard InChI is InChI=1S/C14H17BrClF2N/c15-12-5-6-13(17)11(14(12)18)9-19(8-2-7-16)10-3-1-4-10/h5-6,10H,1-4,7-9H2. The molecule has 0 radical (unpaired) electrons. The molecule has 1 fully saturated rings. The van der Waals surface area contributed by atoms with Gasteiger partial charge in [-0.15, -0.1) is 11.6 Å². The highest BCUT2D eigenvalue weighted by Gasteiger charge is 2.26. The Labute approximate surface area is 126 Å². The molecule has 1 aromatic rings. The first-order valence-corrected chi connectivity index (χ1v) is 7.88. The summed E-state index contributed by atoms with van der Waals surface area (Å²) in [6.07, 6.45) is 4.26. The van der Waals surface area contributed by atoms with Crippen molar-refractivity contribution < 1.29 is 8.78 Å². The maximum Gasteiger partial charge on any atom is 0.144 e. The predicted molar refractivity (Wildman–Crippen MR) is 77.4 cm³/mol. The highest BCUT2D eigenvalue weighted by molar-refractivity contribution is 9.10. The minimum absolute atomic E-state index is 0.149. The van der Waals surface area contributed by atoms with E-state index in [9.17, 15) is 8.78 Å². The molecular weight excluding hydrogens is 336 g/mol. The SMILES string of the molecule is Fc1ccc(Br)c(F)c1CN(CCCCl)C1CCC1. The Balaban J connectivity index is 2.13. The summed E-state index contributed by atoms with van der Waals surface area (Å²) in [6, 6.07) is 3.16. The van der Waals surface area contributed by atoms with E-state index in [1.807, 2.05) is 0 Å². The van der Waals surface area contributed by atoms with Crippen LogP contribution in [0.4, 0.5) is 8.78 Å². The highest BCUT2D eigenvalue weighted by atomic mass is 79.9. The van der Waals surface area contributed by atoms with Crippen molar-refractivity contribution in [2.24, 2.45) is 0 Å². The molecule has 0 N–H and O–H groups in total. The van der Waals surface area contributed by atoms with Crippen molar-refractivity contribution in [3.63, 3.8) is 0 Å². The predicted octanol–water partition coefficient (Wildman–Crippen LogP) is 4.71. The van der Waals surface area contributed by atoms with Crippen LogP contribution in [-0.2, 0) is 6.54 Å². The van der Waals surface area contributed by atoms with Gasteiger partial charge in [-0.2, -0.15) is 0 Å². The third kappa shape index (κ3) is 3.67. The number of hydrogen-bond donors (Lipinski definition) is 0. The lowest BCUT2D eigenvalue weighted by molar-refractivity contribution is 0.117. The van der Waals surface area contributed by atoms with Crippen molar-refractivity contribution in [2.75, 3.05) is 12.4 Å². The summed E-state index contributed by atoms with van der Waals surface area (Å²) in [5.74, 6) is -0.391. The van der Waals surface area contributed by atoms with Crippen LogP contribution in [0.25, 0.3) is 0 Å². The van der Waals surface area contributed by atoms with E-state index in [0.717, 1.165) is 25.8 Å². The van der Waals surface area contributed by atoms with Gasteiger partial charge in [0.1, 0.15) is 11.6 Å². The topological polar surface area (TPSA) is 3.24 Å². The zero-order valence-corrected chi connectivity index (χ0v) is 13.0. The Morgan fingerprint density at radius 1 is 1.32 bits per heavy atom. The second-order valence-electron chi connectivity index (χ2n) is 4.92. The van der Waals surface area contributed by atoms with Gasteiger partial charge in [0, 0.05) is 24.0 Å². The molecule has 0 aliphatic heterocycles. The zero-order chi connectivity index (χ0) is 13.8. The van der Waals surface area contributed by atoms with Gasteiger partial charge in [-0.1, -0.05) is 6.42 Å². The molecule has 1 nitrogen and oxygen atoms in total. The lowest BCUT2D eigenvalue weighted by Gasteiger charge is -2.37. The summed E-state index contributed by atoms with van der Waals surface area (Å²) < 4.78 is 28.1. The minimum Gasteiger partial charge on any atom is -0.296 e. The Bertz CT molecular complexity index is 438. The number of halogens is 4. The summed E-state index contributed by atoms with van der Waals surface area (Å²) in [4.78, 5) is 2.15. The van der Waals surface area contributed by atoms with E-state index >= 15 is 0 Å². The maximum atomic E-state index is 14.0. The van der Waals surface area contributed by atoms with Gasteiger partial charge in [-0.05, 0) is 53.9 Å². The Morgan fingerprint density at radius 2 is 2.05 bits per heavy atom. The molecule has 106 valence electrons. The molecule has 2 rings (SSSR count). The van der Waals surface area contributed by atoms with Gasteiger partial charge < -0.3 is 0 Å². The van der Waals surface area contributed by atoms with Gasteiger partial charge in [0.2, 0.25) is 0 Å². The summed E-state index contributed by atoms with van der Waals surface area (Å²) >= 11 is 8.83. The smallest absolute Gasteiger partial charge is 0.144 e. The van der Waals surface area contributed by atoms with Crippen LogP contribution in [0.3, 0.4) is 0 Å². The summed E-state index contributed by atoms with van der Waals surface area (Å²) in [5.41, 5.74) is 0.149. The van der Waals surface area contributed by atoms with Crippen molar-refractivity contribution in [1.29, 1.82) is 0 Å². The van der Waals surface area contributed by atoms with Crippen LogP contribution >= 0.6 is 27.5 Å². The van der Waals surface area contributed by atoms with E-state index < -0.39 is 11.6 Å². The molecule has 1 aliphatic rings. The lowest BCUT2D eigenvalue weighted by Crippen LogP contribution is -2.40. The number of hydrogen-bond acceptors (Lipinski definition) is 1. The van der Waals surface area contributed by atoms with E-state index in [4.69, 9.17) is 11.6 Å². The largest absolute Gasteiger partial charge is 0.296 e. The monoisotopic (exact) mass is 351 g/mol. The fourth-order valence-corrected chi connectivity index (χ4v) is 2.81. The van der Waals surface area contributed by atoms with E-state index in [-0.39, 0.29) is 5.56 Å². The van der Waals surface area contributed by atoms with Crippen molar-refractivity contribution in [3.8, 4) is 0 Å². The first-order valence-electron chi connectivity index (χ1n) is 6.56. The van der Waals surface area contributed by atoms with Crippen molar-refractivity contribution >= 4 is 27.5 Å². The summed E-state index contributed by atoms with van der Waals surface area (Å²) in [6.45, 7) is 1.11. The first kappa shape index (κ1) is 15.2. The Hall–Kier alpha value is -0.190. The fraction of sp³-hybridized carbons (Fsp3) is 0.571. The molecule has 0 heterocycles. The highest BCUT2D eigenvalue weighted by Crippen LogP contribution is 2.29. The number of alkyl halides is 1. The zero-order valence-electron chi connectivity index (χ0n) is 10.6. The molecule has 19 heavy (non-hydrogen) atoms. The molecule has 0 amide bonds. The van der Waals surface area contributed by atoms with Gasteiger partial charge >= 0.3 is 0 Å². The van der Waals surface area contributed by atoms with Crippen LogP contribution in [0.15, 0.2) is 16.6 Å². The quantitative estimate of drug-likeness (QED) is 0.529. The lowest BCUT2D eigenvalue weighted by atomic mass is 9.91. The fourth-order valence-electron chi connectivity index (χ4n) is 2.32. The van der Waals surface area contributed by atoms with Crippen LogP contribution in [0.5, 0.6) is 0 Å². The molecule has 0 unspecified atom stereocenters. The minimum atomic E-state index is -0.491. The van der Waals surface area contributed by atoms with E-state index in [0.29, 0.717) is 22.9 Å². The van der Waals surface area contributed by atoms with Crippen LogP contribution in [-0.4, -0.2) is 23.4 Å². The molecular formula is C14H17BrClF2N. The van der Waals surface area contributed by atoms with Crippen molar-refractivity contribution in [3.05, 3.63) is 33.8 Å². The van der Waals surface area contributed by atoms with E-state index in [2.05, 4.69) is 20.8 Å². The molecule has 0 atom stereocenters. The molecule has 1 aromatic carbocycles. The van der Waals surface area contributed by atoms with Gasteiger partial charge in [0.05, 0.1) is 4.47 Å². The van der Waals surface area contributed by atoms with Gasteiger partial charge in [-0.25, -0.2) is 8.78 Å². The Morgan fingerprint density at radius 3 is 2.63 bits per heavy atom. The Kier molecular flexibility index (Phi) is 5.60. The molecule has 1 saturated carbocycles. The maximum absolute atomic E-state index is 14.0. The second kappa shape index (κ2) is 7.00. The molecule has 1 aliphatic carbocycles. The molecule has 5 heteroatoms. The summed E-state index contributed by atoms with van der Waals surface area (Å²) in [5, 5.41) is 0. The van der Waals surface area contributed by atoms with E-state index in [1.165, 1.54) is 18.6 Å². The molecule has 0 bridgehead atoms. The van der Waals surface area contributed by atoms with E-state index in [1.54, 1.807) is 0 Å². The van der Waals surface area contributed by atoms with Crippen molar-refractivity contribution in [2.45, 2.75) is 38.3 Å². The van der Waals surface area contributed by atoms with Crippen LogP contribution in [0.2, 0.25) is 0 Å². The normalized spacial score (nSPS) is 15.8. The van der Waals surface area contributed by atoms with Crippen LogP contribution in [0, 0.1) is 11.6 Å². The third-order valence-electron chi connectivity index (χ3n) is 3.67. The molecule has 0 aromatic heterocycles. The number of benzene rings is 1. The van der Waals surface area contributed by atoms with Gasteiger partial charge in [0.25, 0.3) is 0 Å². The molecule has 0 spiro atoms. The average molecular weight is 353 g/mol. The van der Waals surface area contributed by atoms with Crippen molar-refractivity contribution in [1.82, 2.24) is 4.90 Å². The number of rotatable bonds is 6. The van der Waals surface area contributed by atoms with Gasteiger partial charge in [0.15, 0.2) is 0 Å². The third-order valence-corrected chi connectivity index (χ3v) is 4.55. The number of nitrogens with zero attached hydrogens (tertiary/aromatic N) is 1. The summed E-state index contributed by atoms with van der Waals surface area (Å²) in [7, 11) is 0. The first-order chi connectivity index (χ1) is 9.13. The van der Waals surface area contributed by atoms with Crippen LogP contribution in [0.1, 0.15) is 31.2 Å².